The lowest BCUT2D eigenvalue weighted by Gasteiger charge is -2.05. The maximum atomic E-state index is 4.20. The molecule has 21 heavy (non-hydrogen) atoms. The molecule has 4 nitrogen and oxygen atoms in total. The zero-order valence-corrected chi connectivity index (χ0v) is 13.4. The molecule has 1 aromatic heterocycles. The van der Waals surface area contributed by atoms with Crippen LogP contribution in [0.3, 0.4) is 0 Å². The lowest BCUT2D eigenvalue weighted by Crippen LogP contribution is -2.10. The molecule has 0 fully saturated rings. The van der Waals surface area contributed by atoms with Gasteiger partial charge in [-0.05, 0) is 44.6 Å². The summed E-state index contributed by atoms with van der Waals surface area (Å²) in [5.41, 5.74) is 3.47. The Kier molecular flexibility index (Phi) is 5.93. The second-order valence-corrected chi connectivity index (χ2v) is 5.87. The Bertz CT molecular complexity index is 528. The summed E-state index contributed by atoms with van der Waals surface area (Å²) in [6.07, 6.45) is 8.41. The smallest absolute Gasteiger partial charge is 0.0971 e. The van der Waals surface area contributed by atoms with Gasteiger partial charge in [-0.15, -0.1) is 5.10 Å². The van der Waals surface area contributed by atoms with Crippen LogP contribution in [-0.2, 0) is 13.0 Å². The number of unbranched alkanes of at least 4 members (excludes halogenated alkanes) is 3. The summed E-state index contributed by atoms with van der Waals surface area (Å²) < 4.78 is 1.85. The van der Waals surface area contributed by atoms with Crippen molar-refractivity contribution in [1.82, 2.24) is 19.9 Å². The van der Waals surface area contributed by atoms with Gasteiger partial charge in [0.2, 0.25) is 0 Å². The van der Waals surface area contributed by atoms with Crippen molar-refractivity contribution in [2.75, 3.05) is 14.1 Å². The molecular weight excluding hydrogens is 260 g/mol. The van der Waals surface area contributed by atoms with Crippen LogP contribution in [-0.4, -0.2) is 34.0 Å². The number of rotatable bonds is 8. The third kappa shape index (κ3) is 4.97. The zero-order valence-electron chi connectivity index (χ0n) is 13.4. The van der Waals surface area contributed by atoms with E-state index in [4.69, 9.17) is 0 Å². The van der Waals surface area contributed by atoms with Crippen molar-refractivity contribution in [3.63, 3.8) is 0 Å². The van der Waals surface area contributed by atoms with Gasteiger partial charge in [-0.3, -0.25) is 0 Å². The molecule has 1 aromatic carbocycles. The fraction of sp³-hybridized carbons (Fsp3) is 0.529. The monoisotopic (exact) mass is 286 g/mol. The molecule has 0 saturated carbocycles. The Morgan fingerprint density at radius 2 is 1.81 bits per heavy atom. The molecule has 1 heterocycles. The van der Waals surface area contributed by atoms with Gasteiger partial charge < -0.3 is 4.90 Å². The van der Waals surface area contributed by atoms with Crippen LogP contribution in [0.25, 0.3) is 5.69 Å². The summed E-state index contributed by atoms with van der Waals surface area (Å²) in [7, 11) is 4.07. The van der Waals surface area contributed by atoms with Crippen LogP contribution in [0.4, 0.5) is 0 Å². The van der Waals surface area contributed by atoms with E-state index in [1.165, 1.54) is 37.7 Å². The van der Waals surface area contributed by atoms with E-state index in [-0.39, 0.29) is 0 Å². The van der Waals surface area contributed by atoms with Crippen molar-refractivity contribution in [3.05, 3.63) is 41.7 Å². The summed E-state index contributed by atoms with van der Waals surface area (Å²) in [6.45, 7) is 3.06. The fourth-order valence-corrected chi connectivity index (χ4v) is 2.39. The van der Waals surface area contributed by atoms with E-state index in [1.807, 2.05) is 25.0 Å². The van der Waals surface area contributed by atoms with Gasteiger partial charge in [0.15, 0.2) is 0 Å². The van der Waals surface area contributed by atoms with Crippen LogP contribution in [0.5, 0.6) is 0 Å². The standard InChI is InChI=1S/C17H26N4/c1-4-5-6-7-8-15-9-11-17(12-10-15)21-14-16(18-19-21)13-20(2)3/h9-12,14H,4-8,13H2,1-3H3. The molecule has 0 aliphatic rings. The van der Waals surface area contributed by atoms with Gasteiger partial charge in [0.1, 0.15) is 0 Å². The predicted molar refractivity (Wildman–Crippen MR) is 86.6 cm³/mol. The Morgan fingerprint density at radius 3 is 2.48 bits per heavy atom. The SMILES string of the molecule is CCCCCCc1ccc(-n2cc(CN(C)C)nn2)cc1. The minimum absolute atomic E-state index is 0.815. The van der Waals surface area contributed by atoms with Crippen molar-refractivity contribution in [2.45, 2.75) is 45.6 Å². The summed E-state index contributed by atoms with van der Waals surface area (Å²) >= 11 is 0. The molecule has 0 bridgehead atoms. The molecule has 0 amide bonds. The van der Waals surface area contributed by atoms with Crippen molar-refractivity contribution in [3.8, 4) is 5.69 Å². The molecule has 0 spiro atoms. The molecule has 0 radical (unpaired) electrons. The first-order chi connectivity index (χ1) is 10.2. The Balaban J connectivity index is 1.93. The highest BCUT2D eigenvalue weighted by atomic mass is 15.4. The number of aryl methyl sites for hydroxylation is 1. The van der Waals surface area contributed by atoms with E-state index < -0.39 is 0 Å². The first-order valence-electron chi connectivity index (χ1n) is 7.84. The number of benzene rings is 1. The molecule has 0 aliphatic heterocycles. The van der Waals surface area contributed by atoms with Crippen LogP contribution in [0.15, 0.2) is 30.5 Å². The van der Waals surface area contributed by atoms with Crippen LogP contribution in [0, 0.1) is 0 Å². The third-order valence-corrected chi connectivity index (χ3v) is 3.54. The van der Waals surface area contributed by atoms with E-state index in [9.17, 15) is 0 Å². The number of hydrogen-bond donors (Lipinski definition) is 0. The van der Waals surface area contributed by atoms with Gasteiger partial charge in [-0.25, -0.2) is 4.68 Å². The van der Waals surface area contributed by atoms with Gasteiger partial charge in [-0.1, -0.05) is 43.5 Å². The molecule has 2 rings (SSSR count). The van der Waals surface area contributed by atoms with E-state index in [0.717, 1.165) is 17.9 Å². The van der Waals surface area contributed by atoms with Gasteiger partial charge in [0, 0.05) is 6.54 Å². The molecular formula is C17H26N4. The molecule has 0 atom stereocenters. The highest BCUT2D eigenvalue weighted by Gasteiger charge is 2.04. The second-order valence-electron chi connectivity index (χ2n) is 5.87. The van der Waals surface area contributed by atoms with E-state index >= 15 is 0 Å². The average Bonchev–Trinajstić information content (AvgIpc) is 2.92. The van der Waals surface area contributed by atoms with E-state index in [0.29, 0.717) is 0 Å². The predicted octanol–water partition coefficient (Wildman–Crippen LogP) is 3.45. The highest BCUT2D eigenvalue weighted by Crippen LogP contribution is 2.12. The van der Waals surface area contributed by atoms with Gasteiger partial charge in [-0.2, -0.15) is 0 Å². The molecule has 0 aliphatic carbocycles. The average molecular weight is 286 g/mol. The Morgan fingerprint density at radius 1 is 1.05 bits per heavy atom. The maximum absolute atomic E-state index is 4.20. The molecule has 114 valence electrons. The minimum atomic E-state index is 0.815. The normalized spacial score (nSPS) is 11.2. The lowest BCUT2D eigenvalue weighted by atomic mass is 10.1. The summed E-state index contributed by atoms with van der Waals surface area (Å²) in [5, 5.41) is 8.39. The Hall–Kier alpha value is -1.68. The van der Waals surface area contributed by atoms with Crippen molar-refractivity contribution in [1.29, 1.82) is 0 Å². The number of nitrogens with zero attached hydrogens (tertiary/aromatic N) is 4. The summed E-state index contributed by atoms with van der Waals surface area (Å²) in [4.78, 5) is 2.09. The lowest BCUT2D eigenvalue weighted by molar-refractivity contribution is 0.396. The number of aromatic nitrogens is 3. The summed E-state index contributed by atoms with van der Waals surface area (Å²) in [5.74, 6) is 0. The number of hydrogen-bond acceptors (Lipinski definition) is 3. The van der Waals surface area contributed by atoms with E-state index in [2.05, 4.69) is 46.4 Å². The van der Waals surface area contributed by atoms with Gasteiger partial charge >= 0.3 is 0 Å². The largest absolute Gasteiger partial charge is 0.303 e. The van der Waals surface area contributed by atoms with Gasteiger partial charge in [0.25, 0.3) is 0 Å². The van der Waals surface area contributed by atoms with Gasteiger partial charge in [0.05, 0.1) is 17.6 Å². The highest BCUT2D eigenvalue weighted by molar-refractivity contribution is 5.33. The topological polar surface area (TPSA) is 34.0 Å². The van der Waals surface area contributed by atoms with Crippen LogP contribution >= 0.6 is 0 Å². The van der Waals surface area contributed by atoms with Crippen LogP contribution < -0.4 is 0 Å². The maximum Gasteiger partial charge on any atom is 0.0971 e. The zero-order chi connectivity index (χ0) is 15.1. The minimum Gasteiger partial charge on any atom is -0.303 e. The van der Waals surface area contributed by atoms with Crippen molar-refractivity contribution in [2.24, 2.45) is 0 Å². The fourth-order valence-electron chi connectivity index (χ4n) is 2.39. The Labute approximate surface area is 127 Å². The van der Waals surface area contributed by atoms with Crippen LogP contribution in [0.1, 0.15) is 43.9 Å². The molecule has 0 saturated heterocycles. The third-order valence-electron chi connectivity index (χ3n) is 3.54. The molecule has 0 N–H and O–H groups in total. The quantitative estimate of drug-likeness (QED) is 0.697. The molecule has 0 unspecified atom stereocenters. The first kappa shape index (κ1) is 15.7. The van der Waals surface area contributed by atoms with E-state index in [1.54, 1.807) is 0 Å². The first-order valence-corrected chi connectivity index (χ1v) is 7.84. The summed E-state index contributed by atoms with van der Waals surface area (Å²) in [6, 6.07) is 8.66. The second kappa shape index (κ2) is 7.93. The molecule has 2 aromatic rings. The van der Waals surface area contributed by atoms with Crippen molar-refractivity contribution >= 4 is 0 Å². The molecule has 4 heteroatoms. The van der Waals surface area contributed by atoms with Crippen molar-refractivity contribution < 1.29 is 0 Å². The van der Waals surface area contributed by atoms with Crippen LogP contribution in [0.2, 0.25) is 0 Å².